The molecule has 2 aliphatic rings. The van der Waals surface area contributed by atoms with Crippen LogP contribution in [0.4, 0.5) is 0 Å². The second-order valence-corrected chi connectivity index (χ2v) is 10.1. The van der Waals surface area contributed by atoms with E-state index in [9.17, 15) is 18.0 Å². The summed E-state index contributed by atoms with van der Waals surface area (Å²) in [5, 5.41) is 12.2. The first kappa shape index (κ1) is 20.5. The molecular weight excluding hydrogens is 408 g/mol. The van der Waals surface area contributed by atoms with Gasteiger partial charge in [0.15, 0.2) is 9.84 Å². The highest BCUT2D eigenvalue weighted by Gasteiger charge is 2.39. The number of amides is 2. The van der Waals surface area contributed by atoms with Crippen molar-refractivity contribution in [1.82, 2.24) is 25.1 Å². The minimum absolute atomic E-state index is 0.0253. The number of primary amides is 1. The highest BCUT2D eigenvalue weighted by atomic mass is 32.2. The van der Waals surface area contributed by atoms with Gasteiger partial charge >= 0.3 is 0 Å². The molecule has 1 aromatic carbocycles. The van der Waals surface area contributed by atoms with Crippen molar-refractivity contribution in [2.24, 2.45) is 5.73 Å². The smallest absolute Gasteiger partial charge is 0.248 e. The molecule has 4 rings (SSSR count). The third kappa shape index (κ3) is 4.35. The summed E-state index contributed by atoms with van der Waals surface area (Å²) in [7, 11) is -3.10. The molecule has 1 saturated heterocycles. The van der Waals surface area contributed by atoms with E-state index in [2.05, 4.69) is 15.4 Å². The van der Waals surface area contributed by atoms with Gasteiger partial charge in [-0.3, -0.25) is 9.59 Å². The number of aromatic nitrogens is 4. The largest absolute Gasteiger partial charge is 0.366 e. The monoisotopic (exact) mass is 432 g/mol. The summed E-state index contributed by atoms with van der Waals surface area (Å²) in [6.45, 7) is -0.0978. The van der Waals surface area contributed by atoms with E-state index in [-0.39, 0.29) is 36.0 Å². The first-order valence-electron chi connectivity index (χ1n) is 10.0. The molecule has 10 nitrogen and oxygen atoms in total. The Balaban J connectivity index is 1.49. The molecule has 2 N–H and O–H groups in total. The number of sulfone groups is 1. The van der Waals surface area contributed by atoms with Gasteiger partial charge < -0.3 is 10.6 Å². The van der Waals surface area contributed by atoms with E-state index >= 15 is 0 Å². The van der Waals surface area contributed by atoms with Crippen molar-refractivity contribution in [1.29, 1.82) is 0 Å². The van der Waals surface area contributed by atoms with Gasteiger partial charge in [0.1, 0.15) is 6.54 Å². The normalized spacial score (nSPS) is 21.0. The molecular formula is C19H24N6O4S. The molecule has 1 aromatic heterocycles. The first-order chi connectivity index (χ1) is 14.3. The number of tetrazole rings is 1. The van der Waals surface area contributed by atoms with Gasteiger partial charge in [-0.25, -0.2) is 8.42 Å². The number of carbonyl (C=O) groups is 2. The van der Waals surface area contributed by atoms with Crippen LogP contribution in [-0.4, -0.2) is 68.9 Å². The minimum Gasteiger partial charge on any atom is -0.366 e. The van der Waals surface area contributed by atoms with Crippen LogP contribution in [0.25, 0.3) is 11.4 Å². The molecule has 30 heavy (non-hydrogen) atoms. The van der Waals surface area contributed by atoms with Crippen LogP contribution in [0.3, 0.4) is 0 Å². The standard InChI is InChI=1S/C19H24N6O4S/c20-18(27)13-5-7-14(8-6-13)19-21-23-24(22-19)11-17(26)25(15-3-1-2-4-15)16-9-10-30(28,29)12-16/h5-8,15-16H,1-4,9-12H2,(H2,20,27)/t16-/m1/s1. The van der Waals surface area contributed by atoms with Crippen molar-refractivity contribution < 1.29 is 18.0 Å². The Labute approximate surface area is 174 Å². The fourth-order valence-electron chi connectivity index (χ4n) is 4.29. The summed E-state index contributed by atoms with van der Waals surface area (Å²) < 4.78 is 23.9. The van der Waals surface area contributed by atoms with E-state index in [0.717, 1.165) is 25.7 Å². The van der Waals surface area contributed by atoms with Gasteiger partial charge in [0.2, 0.25) is 17.6 Å². The Hall–Kier alpha value is -2.82. The minimum atomic E-state index is -3.10. The average molecular weight is 433 g/mol. The number of rotatable bonds is 6. The zero-order chi connectivity index (χ0) is 21.3. The van der Waals surface area contributed by atoms with Crippen LogP contribution in [0.5, 0.6) is 0 Å². The van der Waals surface area contributed by atoms with Crippen molar-refractivity contribution >= 4 is 21.7 Å². The molecule has 1 atom stereocenters. The number of hydrogen-bond acceptors (Lipinski definition) is 7. The van der Waals surface area contributed by atoms with Crippen LogP contribution in [0.2, 0.25) is 0 Å². The van der Waals surface area contributed by atoms with E-state index in [4.69, 9.17) is 5.73 Å². The fourth-order valence-corrected chi connectivity index (χ4v) is 6.01. The van der Waals surface area contributed by atoms with Crippen LogP contribution < -0.4 is 5.73 Å². The number of benzene rings is 1. The van der Waals surface area contributed by atoms with Crippen molar-refractivity contribution in [3.05, 3.63) is 29.8 Å². The van der Waals surface area contributed by atoms with Crippen molar-refractivity contribution in [3.8, 4) is 11.4 Å². The van der Waals surface area contributed by atoms with E-state index < -0.39 is 15.7 Å². The Morgan fingerprint density at radius 1 is 1.10 bits per heavy atom. The number of nitrogens with two attached hydrogens (primary N) is 1. The Morgan fingerprint density at radius 3 is 2.40 bits per heavy atom. The van der Waals surface area contributed by atoms with Gasteiger partial charge in [0, 0.05) is 23.2 Å². The van der Waals surface area contributed by atoms with Crippen LogP contribution in [-0.2, 0) is 21.2 Å². The Kier molecular flexibility index (Phi) is 5.54. The summed E-state index contributed by atoms with van der Waals surface area (Å²) in [5.74, 6) is -0.227. The van der Waals surface area contributed by atoms with Crippen LogP contribution in [0.15, 0.2) is 24.3 Å². The molecule has 2 aromatic rings. The summed E-state index contributed by atoms with van der Waals surface area (Å²) in [5.41, 5.74) is 6.27. The van der Waals surface area contributed by atoms with Gasteiger partial charge in [-0.2, -0.15) is 4.80 Å². The van der Waals surface area contributed by atoms with Crippen molar-refractivity contribution in [2.45, 2.75) is 50.7 Å². The van der Waals surface area contributed by atoms with Gasteiger partial charge in [-0.1, -0.05) is 25.0 Å². The molecule has 2 fully saturated rings. The zero-order valence-corrected chi connectivity index (χ0v) is 17.3. The maximum atomic E-state index is 13.1. The predicted octanol–water partition coefficient (Wildman–Crippen LogP) is 0.397. The molecule has 2 heterocycles. The van der Waals surface area contributed by atoms with Gasteiger partial charge in [-0.05, 0) is 36.6 Å². The van der Waals surface area contributed by atoms with Gasteiger partial charge in [0.05, 0.1) is 11.5 Å². The van der Waals surface area contributed by atoms with Crippen LogP contribution >= 0.6 is 0 Å². The SMILES string of the molecule is NC(=O)c1ccc(-c2nnn(CC(=O)N(C3CCCC3)[C@@H]3CCS(=O)(=O)C3)n2)cc1. The topological polar surface area (TPSA) is 141 Å². The quantitative estimate of drug-likeness (QED) is 0.696. The van der Waals surface area contributed by atoms with Crippen molar-refractivity contribution in [2.75, 3.05) is 11.5 Å². The molecule has 1 aliphatic carbocycles. The molecule has 0 spiro atoms. The molecule has 0 bridgehead atoms. The maximum Gasteiger partial charge on any atom is 0.248 e. The molecule has 2 amide bonds. The molecule has 1 saturated carbocycles. The third-order valence-electron chi connectivity index (χ3n) is 5.77. The summed E-state index contributed by atoms with van der Waals surface area (Å²) >= 11 is 0. The lowest BCUT2D eigenvalue weighted by Gasteiger charge is -2.33. The lowest BCUT2D eigenvalue weighted by atomic mass is 10.1. The molecule has 0 unspecified atom stereocenters. The van der Waals surface area contributed by atoms with E-state index in [0.29, 0.717) is 23.4 Å². The maximum absolute atomic E-state index is 13.1. The number of nitrogens with zero attached hydrogens (tertiary/aromatic N) is 5. The van der Waals surface area contributed by atoms with E-state index in [1.165, 1.54) is 4.80 Å². The van der Waals surface area contributed by atoms with Gasteiger partial charge in [-0.15, -0.1) is 10.2 Å². The number of hydrogen-bond donors (Lipinski definition) is 1. The third-order valence-corrected chi connectivity index (χ3v) is 7.52. The van der Waals surface area contributed by atoms with E-state index in [1.54, 1.807) is 29.2 Å². The highest BCUT2D eigenvalue weighted by molar-refractivity contribution is 7.91. The van der Waals surface area contributed by atoms with E-state index in [1.807, 2.05) is 0 Å². The van der Waals surface area contributed by atoms with Crippen LogP contribution in [0.1, 0.15) is 42.5 Å². The summed E-state index contributed by atoms with van der Waals surface area (Å²) in [6.07, 6.45) is 4.35. The van der Waals surface area contributed by atoms with Crippen molar-refractivity contribution in [3.63, 3.8) is 0 Å². The second kappa shape index (κ2) is 8.13. The predicted molar refractivity (Wildman–Crippen MR) is 108 cm³/mol. The Bertz CT molecular complexity index is 1040. The first-order valence-corrected chi connectivity index (χ1v) is 11.8. The lowest BCUT2D eigenvalue weighted by molar-refractivity contribution is -0.136. The average Bonchev–Trinajstić information content (AvgIpc) is 3.44. The lowest BCUT2D eigenvalue weighted by Crippen LogP contribution is -2.48. The highest BCUT2D eigenvalue weighted by Crippen LogP contribution is 2.29. The van der Waals surface area contributed by atoms with Crippen LogP contribution in [0, 0.1) is 0 Å². The summed E-state index contributed by atoms with van der Waals surface area (Å²) in [6, 6.07) is 6.27. The second-order valence-electron chi connectivity index (χ2n) is 7.88. The zero-order valence-electron chi connectivity index (χ0n) is 16.5. The van der Waals surface area contributed by atoms with Gasteiger partial charge in [0.25, 0.3) is 0 Å². The fraction of sp³-hybridized carbons (Fsp3) is 0.526. The molecule has 0 radical (unpaired) electrons. The Morgan fingerprint density at radius 2 is 1.80 bits per heavy atom. The molecule has 1 aliphatic heterocycles. The number of carbonyl (C=O) groups excluding carboxylic acids is 2. The summed E-state index contributed by atoms with van der Waals surface area (Å²) in [4.78, 5) is 27.3. The molecule has 11 heteroatoms. The molecule has 160 valence electrons.